The highest BCUT2D eigenvalue weighted by Gasteiger charge is 2.15. The highest BCUT2D eigenvalue weighted by molar-refractivity contribution is 5.74. The number of aliphatic hydroxyl groups excluding tert-OH is 1. The van der Waals surface area contributed by atoms with Crippen LogP contribution in [-0.4, -0.2) is 52.3 Å². The summed E-state index contributed by atoms with van der Waals surface area (Å²) in [6.45, 7) is 3.95. The molecule has 0 amide bonds. The van der Waals surface area contributed by atoms with Crippen molar-refractivity contribution in [1.82, 2.24) is 34.5 Å². The van der Waals surface area contributed by atoms with Gasteiger partial charge in [-0.25, -0.2) is 19.6 Å². The number of anilines is 1. The monoisotopic (exact) mass is 403 g/mol. The molecule has 4 rings (SSSR count). The Labute approximate surface area is 172 Å². The zero-order valence-electron chi connectivity index (χ0n) is 16.7. The molecule has 0 aliphatic heterocycles. The van der Waals surface area contributed by atoms with Gasteiger partial charge < -0.3 is 10.4 Å². The van der Waals surface area contributed by atoms with Crippen LogP contribution in [0, 0.1) is 11.3 Å². The Balaban J connectivity index is 1.78. The standard InChI is InChI=1S/C20H21N9O/c1-3-4-15-10-29(27-26-15)18-9-22-19(6-16(18)25-13(2)11-30)28-12-24-17-5-14(7-21)8-23-20(17)28/h5-6,8-10,12-13,30H,3-4,11H2,1-2H3,(H,22,25)/t13-/m0/s1. The molecule has 4 aromatic heterocycles. The van der Waals surface area contributed by atoms with Gasteiger partial charge in [-0.3, -0.25) is 4.57 Å². The first kappa shape index (κ1) is 19.5. The molecule has 0 saturated carbocycles. The van der Waals surface area contributed by atoms with Crippen molar-refractivity contribution in [2.45, 2.75) is 32.7 Å². The molecule has 10 heteroatoms. The van der Waals surface area contributed by atoms with E-state index in [0.717, 1.165) is 29.9 Å². The van der Waals surface area contributed by atoms with Gasteiger partial charge in [0, 0.05) is 18.3 Å². The van der Waals surface area contributed by atoms with E-state index >= 15 is 0 Å². The SMILES string of the molecule is CCCc1cn(-c2cnc(-n3cnc4cc(C#N)cnc43)cc2N[C@@H](C)CO)nn1. The van der Waals surface area contributed by atoms with Gasteiger partial charge in [-0.1, -0.05) is 18.6 Å². The van der Waals surface area contributed by atoms with E-state index < -0.39 is 0 Å². The van der Waals surface area contributed by atoms with Crippen molar-refractivity contribution < 1.29 is 5.11 Å². The van der Waals surface area contributed by atoms with Crippen molar-refractivity contribution in [2.24, 2.45) is 0 Å². The van der Waals surface area contributed by atoms with E-state index in [1.54, 1.807) is 27.8 Å². The smallest absolute Gasteiger partial charge is 0.165 e. The number of nitrogens with one attached hydrogen (secondary N) is 1. The van der Waals surface area contributed by atoms with Crippen LogP contribution >= 0.6 is 0 Å². The Kier molecular flexibility index (Phi) is 5.36. The van der Waals surface area contributed by atoms with Crippen LogP contribution in [0.5, 0.6) is 0 Å². The molecular formula is C20H21N9O. The lowest BCUT2D eigenvalue weighted by atomic mass is 10.2. The predicted octanol–water partition coefficient (Wildman–Crippen LogP) is 2.01. The summed E-state index contributed by atoms with van der Waals surface area (Å²) in [6, 6.07) is 5.43. The number of aryl methyl sites for hydroxylation is 1. The molecule has 152 valence electrons. The summed E-state index contributed by atoms with van der Waals surface area (Å²) in [5.41, 5.74) is 4.02. The van der Waals surface area contributed by atoms with Crippen LogP contribution in [0.15, 0.2) is 37.1 Å². The molecule has 4 aromatic rings. The molecule has 0 spiro atoms. The Bertz CT molecular complexity index is 1220. The number of fused-ring (bicyclic) bond motifs is 1. The van der Waals surface area contributed by atoms with Gasteiger partial charge in [-0.2, -0.15) is 5.26 Å². The molecule has 0 saturated heterocycles. The Morgan fingerprint density at radius 1 is 1.23 bits per heavy atom. The second kappa shape index (κ2) is 8.26. The van der Waals surface area contributed by atoms with Crippen molar-refractivity contribution >= 4 is 16.9 Å². The highest BCUT2D eigenvalue weighted by Crippen LogP contribution is 2.24. The third kappa shape index (κ3) is 3.70. The molecular weight excluding hydrogens is 382 g/mol. The minimum absolute atomic E-state index is 0.0258. The molecule has 0 fully saturated rings. The van der Waals surface area contributed by atoms with Gasteiger partial charge in [-0.15, -0.1) is 5.10 Å². The summed E-state index contributed by atoms with van der Waals surface area (Å²) in [7, 11) is 0. The number of pyridine rings is 2. The second-order valence-electron chi connectivity index (χ2n) is 6.99. The fraction of sp³-hybridized carbons (Fsp3) is 0.300. The first-order valence-electron chi connectivity index (χ1n) is 9.65. The van der Waals surface area contributed by atoms with Gasteiger partial charge in [0.1, 0.15) is 29.4 Å². The fourth-order valence-corrected chi connectivity index (χ4v) is 3.09. The number of nitriles is 1. The van der Waals surface area contributed by atoms with Crippen LogP contribution in [0.3, 0.4) is 0 Å². The number of aliphatic hydroxyl groups is 1. The number of aromatic nitrogens is 7. The van der Waals surface area contributed by atoms with Gasteiger partial charge in [0.05, 0.1) is 35.9 Å². The second-order valence-corrected chi connectivity index (χ2v) is 6.99. The third-order valence-electron chi connectivity index (χ3n) is 4.60. The van der Waals surface area contributed by atoms with Gasteiger partial charge in [0.25, 0.3) is 0 Å². The maximum absolute atomic E-state index is 9.51. The Morgan fingerprint density at radius 2 is 2.10 bits per heavy atom. The van der Waals surface area contributed by atoms with Gasteiger partial charge in [0.15, 0.2) is 5.65 Å². The summed E-state index contributed by atoms with van der Waals surface area (Å²) in [5.74, 6) is 0.597. The molecule has 2 N–H and O–H groups in total. The van der Waals surface area contributed by atoms with Crippen LogP contribution in [0.1, 0.15) is 31.5 Å². The molecule has 0 unspecified atom stereocenters. The van der Waals surface area contributed by atoms with E-state index in [0.29, 0.717) is 22.5 Å². The first-order chi connectivity index (χ1) is 14.6. The van der Waals surface area contributed by atoms with Crippen LogP contribution in [-0.2, 0) is 6.42 Å². The predicted molar refractivity (Wildman–Crippen MR) is 110 cm³/mol. The van der Waals surface area contributed by atoms with Crippen LogP contribution in [0.4, 0.5) is 5.69 Å². The Morgan fingerprint density at radius 3 is 2.87 bits per heavy atom. The van der Waals surface area contributed by atoms with Gasteiger partial charge in [0.2, 0.25) is 0 Å². The van der Waals surface area contributed by atoms with E-state index in [9.17, 15) is 5.11 Å². The number of hydrogen-bond acceptors (Lipinski definition) is 8. The number of rotatable bonds is 7. The van der Waals surface area contributed by atoms with Crippen molar-refractivity contribution in [2.75, 3.05) is 11.9 Å². The lowest BCUT2D eigenvalue weighted by molar-refractivity contribution is 0.281. The molecule has 0 radical (unpaired) electrons. The molecule has 0 aliphatic carbocycles. The summed E-state index contributed by atoms with van der Waals surface area (Å²) >= 11 is 0. The number of imidazole rings is 1. The number of nitrogens with zero attached hydrogens (tertiary/aromatic N) is 8. The largest absolute Gasteiger partial charge is 0.394 e. The van der Waals surface area contributed by atoms with Crippen molar-refractivity contribution in [3.05, 3.63) is 48.3 Å². The summed E-state index contributed by atoms with van der Waals surface area (Å²) in [4.78, 5) is 13.3. The highest BCUT2D eigenvalue weighted by atomic mass is 16.3. The molecule has 1 atom stereocenters. The molecule has 30 heavy (non-hydrogen) atoms. The molecule has 0 bridgehead atoms. The van der Waals surface area contributed by atoms with Crippen LogP contribution in [0.2, 0.25) is 0 Å². The lowest BCUT2D eigenvalue weighted by Crippen LogP contribution is -2.21. The van der Waals surface area contributed by atoms with E-state index in [2.05, 4.69) is 43.6 Å². The molecule has 0 aliphatic rings. The third-order valence-corrected chi connectivity index (χ3v) is 4.60. The van der Waals surface area contributed by atoms with E-state index in [-0.39, 0.29) is 12.6 Å². The van der Waals surface area contributed by atoms with Crippen molar-refractivity contribution in [3.63, 3.8) is 0 Å². The summed E-state index contributed by atoms with van der Waals surface area (Å²) < 4.78 is 3.43. The van der Waals surface area contributed by atoms with Crippen LogP contribution in [0.25, 0.3) is 22.7 Å². The lowest BCUT2D eigenvalue weighted by Gasteiger charge is -2.17. The van der Waals surface area contributed by atoms with Crippen molar-refractivity contribution in [1.29, 1.82) is 5.26 Å². The quantitative estimate of drug-likeness (QED) is 0.479. The zero-order valence-corrected chi connectivity index (χ0v) is 16.7. The average molecular weight is 403 g/mol. The summed E-state index contributed by atoms with van der Waals surface area (Å²) in [5, 5.41) is 30.3. The van der Waals surface area contributed by atoms with Crippen LogP contribution < -0.4 is 5.32 Å². The molecule has 10 nitrogen and oxygen atoms in total. The topological polar surface area (TPSA) is 130 Å². The van der Waals surface area contributed by atoms with Crippen molar-refractivity contribution in [3.8, 4) is 17.6 Å². The zero-order chi connectivity index (χ0) is 21.1. The van der Waals surface area contributed by atoms with Gasteiger partial charge in [-0.05, 0) is 19.4 Å². The van der Waals surface area contributed by atoms with E-state index in [1.807, 2.05) is 19.2 Å². The number of hydrogen-bond donors (Lipinski definition) is 2. The van der Waals surface area contributed by atoms with Gasteiger partial charge >= 0.3 is 0 Å². The Hall–Kier alpha value is -3.84. The normalized spacial score (nSPS) is 12.1. The first-order valence-corrected chi connectivity index (χ1v) is 9.65. The van der Waals surface area contributed by atoms with E-state index in [4.69, 9.17) is 5.26 Å². The minimum atomic E-state index is -0.173. The fourth-order valence-electron chi connectivity index (χ4n) is 3.09. The van der Waals surface area contributed by atoms with E-state index in [1.165, 1.54) is 6.20 Å². The average Bonchev–Trinajstić information content (AvgIpc) is 3.40. The molecule has 4 heterocycles. The maximum Gasteiger partial charge on any atom is 0.165 e. The maximum atomic E-state index is 9.51. The molecule has 0 aromatic carbocycles. The summed E-state index contributed by atoms with van der Waals surface area (Å²) in [6.07, 6.45) is 8.53. The minimum Gasteiger partial charge on any atom is -0.394 e.